The van der Waals surface area contributed by atoms with Crippen molar-refractivity contribution >= 4 is 85.9 Å². The van der Waals surface area contributed by atoms with E-state index in [9.17, 15) is 4.79 Å². The summed E-state index contributed by atoms with van der Waals surface area (Å²) in [5, 5.41) is 0. The van der Waals surface area contributed by atoms with Gasteiger partial charge in [-0.1, -0.05) is 79.6 Å². The van der Waals surface area contributed by atoms with Gasteiger partial charge in [-0.25, -0.2) is 0 Å². The van der Waals surface area contributed by atoms with Crippen LogP contribution in [0, 0.1) is 0 Å². The molecule has 9 heavy (non-hydrogen) atoms. The summed E-state index contributed by atoms with van der Waals surface area (Å²) in [6.45, 7) is 0. The molecule has 0 aromatic carbocycles. The zero-order valence-corrected chi connectivity index (χ0v) is 11.8. The van der Waals surface area contributed by atoms with Gasteiger partial charge < -0.3 is 4.79 Å². The molecule has 0 spiro atoms. The van der Waals surface area contributed by atoms with Gasteiger partial charge in [0.15, 0.2) is 11.7 Å². The fourth-order valence-corrected chi connectivity index (χ4v) is 0.347. The van der Waals surface area contributed by atoms with Crippen molar-refractivity contribution in [2.24, 2.45) is 0 Å². The number of rotatable bonds is 1. The SMILES string of the molecule is O=CC(Br)(Br)C(Br)(Br)Br. The van der Waals surface area contributed by atoms with Gasteiger partial charge in [0.1, 0.15) is 0 Å². The summed E-state index contributed by atoms with van der Waals surface area (Å²) in [4.78, 5) is 10.3. The first-order valence-electron chi connectivity index (χ1n) is 1.72. The monoisotopic (exact) mass is 448 g/mol. The van der Waals surface area contributed by atoms with Crippen LogP contribution in [0.5, 0.6) is 0 Å². The van der Waals surface area contributed by atoms with E-state index in [1.165, 1.54) is 0 Å². The zero-order valence-electron chi connectivity index (χ0n) is 3.88. The Morgan fingerprint density at radius 1 is 1.00 bits per heavy atom. The average Bonchev–Trinajstić information content (AvgIpc) is 1.64. The fourth-order valence-electron chi connectivity index (χ4n) is 0.0668. The third-order valence-electron chi connectivity index (χ3n) is 0.526. The first-order valence-corrected chi connectivity index (χ1v) is 5.68. The summed E-state index contributed by atoms with van der Waals surface area (Å²) in [5.74, 6) is 0. The van der Waals surface area contributed by atoms with Gasteiger partial charge in [0.05, 0.1) is 0 Å². The molecule has 0 aromatic rings. The van der Waals surface area contributed by atoms with Crippen molar-refractivity contribution in [2.45, 2.75) is 5.38 Å². The lowest BCUT2D eigenvalue weighted by molar-refractivity contribution is -0.107. The van der Waals surface area contributed by atoms with E-state index < -0.39 is 5.38 Å². The van der Waals surface area contributed by atoms with Crippen LogP contribution in [0.4, 0.5) is 0 Å². The molecule has 0 unspecified atom stereocenters. The van der Waals surface area contributed by atoms with Crippen molar-refractivity contribution in [3.05, 3.63) is 0 Å². The molecule has 0 amide bonds. The number of hydrogen-bond acceptors (Lipinski definition) is 1. The number of hydrogen-bond donors (Lipinski definition) is 0. The molecule has 54 valence electrons. The van der Waals surface area contributed by atoms with Crippen molar-refractivity contribution in [1.29, 1.82) is 0 Å². The molecule has 6 heteroatoms. The van der Waals surface area contributed by atoms with Gasteiger partial charge >= 0.3 is 0 Å². The molecular weight excluding hydrogens is 452 g/mol. The van der Waals surface area contributed by atoms with Crippen LogP contribution >= 0.6 is 79.6 Å². The second-order valence-corrected chi connectivity index (χ2v) is 11.6. The van der Waals surface area contributed by atoms with Crippen molar-refractivity contribution < 1.29 is 4.79 Å². The Balaban J connectivity index is 4.32. The van der Waals surface area contributed by atoms with Crippen LogP contribution < -0.4 is 0 Å². The molecule has 0 fully saturated rings. The Kier molecular flexibility index (Phi) is 4.49. The molecular formula is C3HBr5O. The maximum atomic E-state index is 10.3. The van der Waals surface area contributed by atoms with E-state index in [0.717, 1.165) is 0 Å². The highest BCUT2D eigenvalue weighted by atomic mass is 80.0. The van der Waals surface area contributed by atoms with Crippen molar-refractivity contribution in [2.75, 3.05) is 0 Å². The first-order chi connectivity index (χ1) is 3.81. The smallest absolute Gasteiger partial charge is 0.170 e. The minimum Gasteiger partial charge on any atom is -0.301 e. The number of carbonyl (C=O) groups is 1. The molecule has 0 radical (unpaired) electrons. The summed E-state index contributed by atoms with van der Waals surface area (Å²) in [7, 11) is 0. The topological polar surface area (TPSA) is 17.1 Å². The van der Waals surface area contributed by atoms with E-state index in [4.69, 9.17) is 0 Å². The summed E-state index contributed by atoms with van der Waals surface area (Å²) in [6, 6.07) is 0. The lowest BCUT2D eigenvalue weighted by Gasteiger charge is -2.22. The van der Waals surface area contributed by atoms with Gasteiger partial charge in [-0.05, 0) is 0 Å². The molecule has 0 atom stereocenters. The van der Waals surface area contributed by atoms with Crippen LogP contribution in [0.3, 0.4) is 0 Å². The van der Waals surface area contributed by atoms with Crippen LogP contribution in [0.15, 0.2) is 0 Å². The fraction of sp³-hybridized carbons (Fsp3) is 0.667. The van der Waals surface area contributed by atoms with E-state index in [2.05, 4.69) is 79.6 Å². The molecule has 0 N–H and O–H groups in total. The molecule has 0 saturated heterocycles. The van der Waals surface area contributed by atoms with Gasteiger partial charge in [0, 0.05) is 0 Å². The maximum absolute atomic E-state index is 10.3. The molecule has 0 aliphatic heterocycles. The lowest BCUT2D eigenvalue weighted by atomic mass is 10.5. The Hall–Kier alpha value is 2.07. The van der Waals surface area contributed by atoms with Crippen LogP contribution in [0.25, 0.3) is 0 Å². The molecule has 0 aliphatic carbocycles. The van der Waals surface area contributed by atoms with Gasteiger partial charge in [-0.2, -0.15) is 0 Å². The predicted octanol–water partition coefficient (Wildman–Crippen LogP) is 3.51. The van der Waals surface area contributed by atoms with Crippen LogP contribution in [-0.2, 0) is 4.79 Å². The zero-order chi connectivity index (χ0) is 7.71. The molecule has 1 nitrogen and oxygen atoms in total. The molecule has 0 aromatic heterocycles. The van der Waals surface area contributed by atoms with Crippen LogP contribution in [-0.4, -0.2) is 11.7 Å². The summed E-state index contributed by atoms with van der Waals surface area (Å²) in [5.41, 5.74) is 0. The second-order valence-electron chi connectivity index (χ2n) is 1.24. The molecule has 0 saturated carbocycles. The van der Waals surface area contributed by atoms with Crippen LogP contribution in [0.2, 0.25) is 0 Å². The molecule has 0 bridgehead atoms. The Morgan fingerprint density at radius 3 is 1.33 bits per heavy atom. The molecule has 0 heterocycles. The summed E-state index contributed by atoms with van der Waals surface area (Å²) >= 11 is 15.7. The highest BCUT2D eigenvalue weighted by Crippen LogP contribution is 2.51. The van der Waals surface area contributed by atoms with Gasteiger partial charge in [0.2, 0.25) is 0 Å². The number of carbonyl (C=O) groups excluding carboxylic acids is 1. The second kappa shape index (κ2) is 3.65. The quantitative estimate of drug-likeness (QED) is 0.440. The third kappa shape index (κ3) is 3.31. The Morgan fingerprint density at radius 2 is 1.33 bits per heavy atom. The first kappa shape index (κ1) is 11.1. The number of alkyl halides is 5. The van der Waals surface area contributed by atoms with Crippen molar-refractivity contribution in [3.63, 3.8) is 0 Å². The van der Waals surface area contributed by atoms with E-state index in [1.807, 2.05) is 0 Å². The van der Waals surface area contributed by atoms with E-state index in [-0.39, 0.29) is 0 Å². The standard InChI is InChI=1S/C3HBr5O/c4-2(5,1-9)3(6,7)8/h1H. The Labute approximate surface area is 95.0 Å². The predicted molar refractivity (Wildman–Crippen MR) is 56.2 cm³/mol. The number of aldehydes is 1. The maximum Gasteiger partial charge on any atom is 0.170 e. The van der Waals surface area contributed by atoms with E-state index in [0.29, 0.717) is 6.29 Å². The van der Waals surface area contributed by atoms with Crippen molar-refractivity contribution in [1.82, 2.24) is 0 Å². The minimum atomic E-state index is -0.826. The summed E-state index contributed by atoms with van der Waals surface area (Å²) in [6.07, 6.45) is 0.714. The van der Waals surface area contributed by atoms with Gasteiger partial charge in [0.25, 0.3) is 0 Å². The lowest BCUT2D eigenvalue weighted by Crippen LogP contribution is -2.29. The number of halogens is 5. The largest absolute Gasteiger partial charge is 0.301 e. The van der Waals surface area contributed by atoms with Crippen molar-refractivity contribution in [3.8, 4) is 0 Å². The third-order valence-corrected chi connectivity index (χ3v) is 7.16. The Bertz CT molecular complexity index is 114. The normalized spacial score (nSPS) is 13.4. The van der Waals surface area contributed by atoms with E-state index >= 15 is 0 Å². The molecule has 0 rings (SSSR count). The average molecular weight is 453 g/mol. The minimum absolute atomic E-state index is 0.651. The highest BCUT2D eigenvalue weighted by molar-refractivity contribution is 9.41. The summed E-state index contributed by atoms with van der Waals surface area (Å²) < 4.78 is -1.48. The highest BCUT2D eigenvalue weighted by Gasteiger charge is 2.42. The van der Waals surface area contributed by atoms with Gasteiger partial charge in [-0.15, -0.1) is 0 Å². The van der Waals surface area contributed by atoms with E-state index in [1.54, 1.807) is 0 Å². The van der Waals surface area contributed by atoms with Gasteiger partial charge in [-0.3, -0.25) is 0 Å². The molecule has 0 aliphatic rings. The van der Waals surface area contributed by atoms with Crippen LogP contribution in [0.1, 0.15) is 0 Å².